The summed E-state index contributed by atoms with van der Waals surface area (Å²) >= 11 is 1.40. The molecule has 0 aliphatic carbocycles. The van der Waals surface area contributed by atoms with Gasteiger partial charge in [0.05, 0.1) is 6.54 Å². The highest BCUT2D eigenvalue weighted by atomic mass is 32.1. The maximum Gasteiger partial charge on any atom is 0.291 e. The van der Waals surface area contributed by atoms with Crippen molar-refractivity contribution in [3.8, 4) is 0 Å². The van der Waals surface area contributed by atoms with Crippen LogP contribution < -0.4 is 10.9 Å². The second kappa shape index (κ2) is 4.78. The van der Waals surface area contributed by atoms with Crippen LogP contribution in [0.1, 0.15) is 12.8 Å². The van der Waals surface area contributed by atoms with E-state index in [1.165, 1.54) is 43.3 Å². The fourth-order valence-electron chi connectivity index (χ4n) is 3.93. The zero-order valence-corrected chi connectivity index (χ0v) is 13.4. The smallest absolute Gasteiger partial charge is 0.291 e. The van der Waals surface area contributed by atoms with Crippen molar-refractivity contribution < 1.29 is 4.74 Å². The van der Waals surface area contributed by atoms with Crippen LogP contribution in [0.3, 0.4) is 0 Å². The van der Waals surface area contributed by atoms with Gasteiger partial charge in [0.15, 0.2) is 5.13 Å². The number of H-pyrrole nitrogens is 1. The van der Waals surface area contributed by atoms with Gasteiger partial charge in [0, 0.05) is 18.5 Å². The first-order valence-electron chi connectivity index (χ1n) is 7.93. The second-order valence-electron chi connectivity index (χ2n) is 6.52. The molecule has 2 N–H and O–H groups in total. The summed E-state index contributed by atoms with van der Waals surface area (Å²) in [6, 6.07) is 3.76. The molecule has 3 saturated heterocycles. The van der Waals surface area contributed by atoms with E-state index in [9.17, 15) is 4.79 Å². The summed E-state index contributed by atoms with van der Waals surface area (Å²) in [7, 11) is 0. The molecule has 3 fully saturated rings. The minimum atomic E-state index is -0.149. The van der Waals surface area contributed by atoms with Crippen LogP contribution in [0.25, 0.3) is 10.3 Å². The van der Waals surface area contributed by atoms with Crippen molar-refractivity contribution >= 4 is 32.8 Å². The molecule has 0 saturated carbocycles. The monoisotopic (exact) mass is 331 g/mol. The first kappa shape index (κ1) is 13.5. The Bertz CT molecular complexity index is 851. The molecule has 2 bridgehead atoms. The highest BCUT2D eigenvalue weighted by Crippen LogP contribution is 2.41. The maximum absolute atomic E-state index is 11.4. The summed E-state index contributed by atoms with van der Waals surface area (Å²) in [5.41, 5.74) is 0.505. The van der Waals surface area contributed by atoms with Crippen LogP contribution in [0.4, 0.5) is 5.13 Å². The lowest BCUT2D eigenvalue weighted by Crippen LogP contribution is -2.61. The first-order chi connectivity index (χ1) is 11.2. The van der Waals surface area contributed by atoms with Gasteiger partial charge in [0.25, 0.3) is 6.02 Å². The minimum Gasteiger partial charge on any atom is -0.455 e. The number of piperidine rings is 3. The van der Waals surface area contributed by atoms with Crippen molar-refractivity contribution in [1.82, 2.24) is 14.9 Å². The number of fused-ring (bicyclic) bond motifs is 3. The maximum atomic E-state index is 11.4. The Kier molecular flexibility index (Phi) is 2.81. The molecule has 0 aromatic carbocycles. The number of rotatable bonds is 1. The molecule has 2 aromatic heterocycles. The highest BCUT2D eigenvalue weighted by Gasteiger charge is 2.51. The third kappa shape index (κ3) is 2.16. The van der Waals surface area contributed by atoms with E-state index in [1.807, 2.05) is 0 Å². The molecule has 6 rings (SSSR count). The number of aromatic nitrogens is 2. The Balaban J connectivity index is 1.36. The van der Waals surface area contributed by atoms with Crippen LogP contribution in [-0.2, 0) is 4.74 Å². The summed E-state index contributed by atoms with van der Waals surface area (Å²) in [5, 5.41) is 3.87. The molecule has 1 atom stereocenters. The van der Waals surface area contributed by atoms with Crippen molar-refractivity contribution in [3.05, 3.63) is 22.5 Å². The van der Waals surface area contributed by atoms with Gasteiger partial charge in [-0.25, -0.2) is 9.98 Å². The van der Waals surface area contributed by atoms with Gasteiger partial charge in [0.1, 0.15) is 15.9 Å². The summed E-state index contributed by atoms with van der Waals surface area (Å²) in [6.45, 7) is 4.06. The van der Waals surface area contributed by atoms with Crippen molar-refractivity contribution in [3.63, 3.8) is 0 Å². The number of anilines is 1. The summed E-state index contributed by atoms with van der Waals surface area (Å²) < 4.78 is 6.24. The normalized spacial score (nSPS) is 32.3. The first-order valence-corrected chi connectivity index (χ1v) is 8.75. The van der Waals surface area contributed by atoms with Gasteiger partial charge in [-0.2, -0.15) is 0 Å². The van der Waals surface area contributed by atoms with Gasteiger partial charge in [-0.1, -0.05) is 11.3 Å². The minimum absolute atomic E-state index is 0.117. The standard InChI is InChI=1S/C15H17N5O2S/c21-11-2-1-10-12(18-11)23-14(17-10)19-13-16-7-15(22-13)8-20-5-3-9(15)4-6-20/h1-2,9H,3-8H2,(H,18,21)(H,16,17,19). The number of thiazole rings is 1. The number of aromatic amines is 1. The Morgan fingerprint density at radius 2 is 2.26 bits per heavy atom. The quantitative estimate of drug-likeness (QED) is 0.822. The average Bonchev–Trinajstić information content (AvgIpc) is 3.12. The Morgan fingerprint density at radius 1 is 1.39 bits per heavy atom. The van der Waals surface area contributed by atoms with Crippen LogP contribution in [0.2, 0.25) is 0 Å². The lowest BCUT2D eigenvalue weighted by atomic mass is 9.75. The number of nitrogens with zero attached hydrogens (tertiary/aromatic N) is 3. The molecule has 7 nitrogen and oxygen atoms in total. The number of nitrogens with one attached hydrogen (secondary N) is 2. The number of hydrogen-bond donors (Lipinski definition) is 2. The van der Waals surface area contributed by atoms with Crippen LogP contribution in [-0.4, -0.2) is 52.7 Å². The molecular formula is C15H17N5O2S. The zero-order valence-electron chi connectivity index (χ0n) is 12.5. The van der Waals surface area contributed by atoms with Gasteiger partial charge in [-0.15, -0.1) is 0 Å². The third-order valence-corrected chi connectivity index (χ3v) is 6.01. The van der Waals surface area contributed by atoms with Gasteiger partial charge in [0.2, 0.25) is 5.56 Å². The van der Waals surface area contributed by atoms with Crippen LogP contribution >= 0.6 is 11.3 Å². The van der Waals surface area contributed by atoms with E-state index < -0.39 is 0 Å². The molecule has 1 unspecified atom stereocenters. The van der Waals surface area contributed by atoms with E-state index in [2.05, 4.69) is 25.2 Å². The Morgan fingerprint density at radius 3 is 3.04 bits per heavy atom. The fourth-order valence-corrected chi connectivity index (χ4v) is 4.78. The number of hydrogen-bond acceptors (Lipinski definition) is 7. The topological polar surface area (TPSA) is 82.6 Å². The van der Waals surface area contributed by atoms with Crippen LogP contribution in [0.5, 0.6) is 0 Å². The molecule has 0 amide bonds. The fraction of sp³-hybridized carbons (Fsp3) is 0.533. The summed E-state index contributed by atoms with van der Waals surface area (Å²) in [6.07, 6.45) is 2.40. The number of ether oxygens (including phenoxy) is 1. The lowest BCUT2D eigenvalue weighted by molar-refractivity contribution is -0.0829. The van der Waals surface area contributed by atoms with Crippen molar-refractivity contribution in [1.29, 1.82) is 0 Å². The highest BCUT2D eigenvalue weighted by molar-refractivity contribution is 7.21. The predicted molar refractivity (Wildman–Crippen MR) is 89.1 cm³/mol. The Hall–Kier alpha value is -1.93. The lowest BCUT2D eigenvalue weighted by Gasteiger charge is -2.50. The van der Waals surface area contributed by atoms with Gasteiger partial charge in [-0.3, -0.25) is 15.0 Å². The van der Waals surface area contributed by atoms with E-state index in [0.717, 1.165) is 23.4 Å². The van der Waals surface area contributed by atoms with E-state index >= 15 is 0 Å². The SMILES string of the molecule is O=c1ccc2nc(NC3=NCC4(CN5CCC4CC5)O3)sc2[nH]1. The van der Waals surface area contributed by atoms with Crippen molar-refractivity contribution in [2.75, 3.05) is 31.5 Å². The van der Waals surface area contributed by atoms with E-state index in [-0.39, 0.29) is 11.2 Å². The Labute approximate surface area is 136 Å². The average molecular weight is 331 g/mol. The van der Waals surface area contributed by atoms with Crippen molar-refractivity contribution in [2.24, 2.45) is 10.9 Å². The van der Waals surface area contributed by atoms with Crippen molar-refractivity contribution in [2.45, 2.75) is 18.4 Å². The van der Waals surface area contributed by atoms with Gasteiger partial charge < -0.3 is 9.72 Å². The van der Waals surface area contributed by atoms with Gasteiger partial charge in [-0.05, 0) is 32.0 Å². The zero-order chi connectivity index (χ0) is 15.4. The van der Waals surface area contributed by atoms with E-state index in [1.54, 1.807) is 6.07 Å². The molecule has 1 spiro atoms. The summed E-state index contributed by atoms with van der Waals surface area (Å²) in [4.78, 5) is 26.4. The molecule has 4 aliphatic heterocycles. The van der Waals surface area contributed by atoms with Gasteiger partial charge >= 0.3 is 0 Å². The second-order valence-corrected chi connectivity index (χ2v) is 7.52. The predicted octanol–water partition coefficient (Wildman–Crippen LogP) is 1.25. The molecule has 8 heteroatoms. The third-order valence-electron chi connectivity index (χ3n) is 5.11. The largest absolute Gasteiger partial charge is 0.455 e. The summed E-state index contributed by atoms with van der Waals surface area (Å²) in [5.74, 6) is 0.599. The number of aliphatic imine (C=N–C) groups is 1. The molecule has 23 heavy (non-hydrogen) atoms. The van der Waals surface area contributed by atoms with Crippen LogP contribution in [0.15, 0.2) is 21.9 Å². The molecule has 0 radical (unpaired) electrons. The molecule has 120 valence electrons. The van der Waals surface area contributed by atoms with E-state index in [0.29, 0.717) is 17.1 Å². The van der Waals surface area contributed by atoms with Crippen LogP contribution in [0, 0.1) is 5.92 Å². The number of pyridine rings is 1. The molecule has 4 aliphatic rings. The van der Waals surface area contributed by atoms with E-state index in [4.69, 9.17) is 4.74 Å². The molecule has 6 heterocycles. The molecular weight excluding hydrogens is 314 g/mol. The number of amidine groups is 1. The molecule has 2 aromatic rings.